The molecule has 1 aromatic heterocycles. The summed E-state index contributed by atoms with van der Waals surface area (Å²) in [6, 6.07) is 11.0. The molecule has 2 aromatic carbocycles. The predicted molar refractivity (Wildman–Crippen MR) is 104 cm³/mol. The SMILES string of the molecule is CCNC(=O)c1ccc(C)c(NC(=O)c2cc(C)nc3cc(F)ccc23)c1. The van der Waals surface area contributed by atoms with E-state index in [1.165, 1.54) is 12.1 Å². The molecule has 0 aliphatic rings. The maximum absolute atomic E-state index is 13.5. The van der Waals surface area contributed by atoms with Gasteiger partial charge in [-0.15, -0.1) is 0 Å². The predicted octanol–water partition coefficient (Wildman–Crippen LogP) is 3.99. The first kappa shape index (κ1) is 18.5. The molecule has 27 heavy (non-hydrogen) atoms. The van der Waals surface area contributed by atoms with Crippen LogP contribution in [0.5, 0.6) is 0 Å². The second-order valence-corrected chi connectivity index (χ2v) is 6.32. The van der Waals surface area contributed by atoms with Crippen molar-refractivity contribution in [1.29, 1.82) is 0 Å². The molecule has 3 rings (SSSR count). The maximum atomic E-state index is 13.5. The number of amides is 2. The maximum Gasteiger partial charge on any atom is 0.256 e. The van der Waals surface area contributed by atoms with Crippen molar-refractivity contribution in [2.24, 2.45) is 0 Å². The number of aryl methyl sites for hydroxylation is 2. The van der Waals surface area contributed by atoms with Gasteiger partial charge in [-0.3, -0.25) is 14.6 Å². The average molecular weight is 365 g/mol. The molecule has 6 heteroatoms. The number of aromatic nitrogens is 1. The zero-order valence-electron chi connectivity index (χ0n) is 15.4. The lowest BCUT2D eigenvalue weighted by molar-refractivity contribution is 0.0954. The summed E-state index contributed by atoms with van der Waals surface area (Å²) in [4.78, 5) is 29.2. The second-order valence-electron chi connectivity index (χ2n) is 6.32. The van der Waals surface area contributed by atoms with Gasteiger partial charge < -0.3 is 10.6 Å². The largest absolute Gasteiger partial charge is 0.352 e. The van der Waals surface area contributed by atoms with Gasteiger partial charge in [0, 0.05) is 34.9 Å². The lowest BCUT2D eigenvalue weighted by atomic mass is 10.1. The van der Waals surface area contributed by atoms with E-state index in [1.807, 2.05) is 13.8 Å². The van der Waals surface area contributed by atoms with Crippen LogP contribution in [0.1, 0.15) is 38.9 Å². The fourth-order valence-corrected chi connectivity index (χ4v) is 2.87. The number of benzene rings is 2. The Labute approximate surface area is 156 Å². The molecule has 0 unspecified atom stereocenters. The van der Waals surface area contributed by atoms with E-state index in [-0.39, 0.29) is 11.8 Å². The van der Waals surface area contributed by atoms with Crippen LogP contribution in [-0.2, 0) is 0 Å². The van der Waals surface area contributed by atoms with E-state index in [0.29, 0.717) is 40.0 Å². The van der Waals surface area contributed by atoms with Gasteiger partial charge in [-0.1, -0.05) is 6.07 Å². The summed E-state index contributed by atoms with van der Waals surface area (Å²) >= 11 is 0. The van der Waals surface area contributed by atoms with Gasteiger partial charge in [-0.05, 0) is 56.7 Å². The fourth-order valence-electron chi connectivity index (χ4n) is 2.87. The normalized spacial score (nSPS) is 10.7. The van der Waals surface area contributed by atoms with Crippen LogP contribution in [0.4, 0.5) is 10.1 Å². The lowest BCUT2D eigenvalue weighted by Gasteiger charge is -2.12. The topological polar surface area (TPSA) is 71.1 Å². The molecule has 0 fully saturated rings. The van der Waals surface area contributed by atoms with Gasteiger partial charge in [0.25, 0.3) is 11.8 Å². The molecule has 0 saturated carbocycles. The lowest BCUT2D eigenvalue weighted by Crippen LogP contribution is -2.23. The second kappa shape index (κ2) is 7.53. The standard InChI is InChI=1S/C21H20FN3O2/c1-4-23-20(26)14-6-5-12(2)18(10-14)25-21(27)17-9-13(3)24-19-11-15(22)7-8-16(17)19/h5-11H,4H2,1-3H3,(H,23,26)(H,25,27). The highest BCUT2D eigenvalue weighted by Crippen LogP contribution is 2.23. The smallest absolute Gasteiger partial charge is 0.256 e. The Hall–Kier alpha value is -3.28. The Balaban J connectivity index is 1.98. The number of hydrogen-bond donors (Lipinski definition) is 2. The van der Waals surface area contributed by atoms with Crippen LogP contribution in [0.2, 0.25) is 0 Å². The third-order valence-corrected chi connectivity index (χ3v) is 4.23. The summed E-state index contributed by atoms with van der Waals surface area (Å²) in [5.41, 5.74) is 3.29. The zero-order chi connectivity index (χ0) is 19.6. The molecule has 2 amide bonds. The molecule has 0 spiro atoms. The number of carbonyl (C=O) groups excluding carboxylic acids is 2. The number of pyridine rings is 1. The van der Waals surface area contributed by atoms with Crippen molar-refractivity contribution >= 4 is 28.4 Å². The number of rotatable bonds is 4. The van der Waals surface area contributed by atoms with E-state index < -0.39 is 5.82 Å². The number of anilines is 1. The molecule has 0 bridgehead atoms. The molecule has 0 atom stereocenters. The van der Waals surface area contributed by atoms with Crippen LogP contribution in [0.25, 0.3) is 10.9 Å². The number of hydrogen-bond acceptors (Lipinski definition) is 3. The van der Waals surface area contributed by atoms with Gasteiger partial charge in [0.1, 0.15) is 5.82 Å². The zero-order valence-corrected chi connectivity index (χ0v) is 15.4. The summed E-state index contributed by atoms with van der Waals surface area (Å²) < 4.78 is 13.5. The molecule has 2 N–H and O–H groups in total. The Kier molecular flexibility index (Phi) is 5.16. The first-order valence-corrected chi connectivity index (χ1v) is 8.66. The van der Waals surface area contributed by atoms with E-state index in [2.05, 4.69) is 15.6 Å². The Morgan fingerprint density at radius 1 is 1.04 bits per heavy atom. The van der Waals surface area contributed by atoms with Gasteiger partial charge >= 0.3 is 0 Å². The molecule has 138 valence electrons. The minimum Gasteiger partial charge on any atom is -0.352 e. The molecule has 1 heterocycles. The van der Waals surface area contributed by atoms with Crippen molar-refractivity contribution in [2.45, 2.75) is 20.8 Å². The van der Waals surface area contributed by atoms with Crippen LogP contribution in [0, 0.1) is 19.7 Å². The highest BCUT2D eigenvalue weighted by molar-refractivity contribution is 6.13. The Morgan fingerprint density at radius 2 is 1.81 bits per heavy atom. The van der Waals surface area contributed by atoms with Gasteiger partial charge in [-0.2, -0.15) is 0 Å². The Morgan fingerprint density at radius 3 is 2.56 bits per heavy atom. The quantitative estimate of drug-likeness (QED) is 0.734. The minimum atomic E-state index is -0.405. The number of carbonyl (C=O) groups is 2. The monoisotopic (exact) mass is 365 g/mol. The molecule has 5 nitrogen and oxygen atoms in total. The van der Waals surface area contributed by atoms with Crippen LogP contribution < -0.4 is 10.6 Å². The molecule has 0 aliphatic carbocycles. The van der Waals surface area contributed by atoms with E-state index in [0.717, 1.165) is 5.56 Å². The molecule has 0 aliphatic heterocycles. The number of nitrogens with zero attached hydrogens (tertiary/aromatic N) is 1. The summed E-state index contributed by atoms with van der Waals surface area (Å²) in [5, 5.41) is 6.16. The third kappa shape index (κ3) is 3.95. The van der Waals surface area contributed by atoms with E-state index in [4.69, 9.17) is 0 Å². The average Bonchev–Trinajstić information content (AvgIpc) is 2.62. The van der Waals surface area contributed by atoms with Crippen molar-refractivity contribution in [1.82, 2.24) is 10.3 Å². The fraction of sp³-hybridized carbons (Fsp3) is 0.190. The molecular formula is C21H20FN3O2. The molecule has 0 radical (unpaired) electrons. The van der Waals surface area contributed by atoms with Crippen LogP contribution in [0.3, 0.4) is 0 Å². The highest BCUT2D eigenvalue weighted by Gasteiger charge is 2.15. The van der Waals surface area contributed by atoms with Crippen molar-refractivity contribution in [3.8, 4) is 0 Å². The van der Waals surface area contributed by atoms with Crippen LogP contribution >= 0.6 is 0 Å². The summed E-state index contributed by atoms with van der Waals surface area (Å²) in [7, 11) is 0. The van der Waals surface area contributed by atoms with Crippen molar-refractivity contribution in [2.75, 3.05) is 11.9 Å². The van der Waals surface area contributed by atoms with Gasteiger partial charge in [0.15, 0.2) is 0 Å². The Bertz CT molecular complexity index is 1040. The first-order chi connectivity index (χ1) is 12.9. The third-order valence-electron chi connectivity index (χ3n) is 4.23. The molecule has 0 saturated heterocycles. The molecule has 3 aromatic rings. The number of nitrogens with one attached hydrogen (secondary N) is 2. The van der Waals surface area contributed by atoms with E-state index in [1.54, 1.807) is 37.3 Å². The van der Waals surface area contributed by atoms with Crippen molar-refractivity contribution < 1.29 is 14.0 Å². The number of fused-ring (bicyclic) bond motifs is 1. The summed E-state index contributed by atoms with van der Waals surface area (Å²) in [6.07, 6.45) is 0. The van der Waals surface area contributed by atoms with Gasteiger partial charge in [-0.25, -0.2) is 4.39 Å². The van der Waals surface area contributed by atoms with E-state index in [9.17, 15) is 14.0 Å². The van der Waals surface area contributed by atoms with E-state index >= 15 is 0 Å². The first-order valence-electron chi connectivity index (χ1n) is 8.66. The summed E-state index contributed by atoms with van der Waals surface area (Å²) in [5.74, 6) is -0.945. The van der Waals surface area contributed by atoms with Crippen LogP contribution in [0.15, 0.2) is 42.5 Å². The number of halogens is 1. The van der Waals surface area contributed by atoms with Gasteiger partial charge in [0.2, 0.25) is 0 Å². The summed E-state index contributed by atoms with van der Waals surface area (Å²) in [6.45, 7) is 5.96. The van der Waals surface area contributed by atoms with Gasteiger partial charge in [0.05, 0.1) is 11.1 Å². The highest BCUT2D eigenvalue weighted by atomic mass is 19.1. The van der Waals surface area contributed by atoms with Crippen LogP contribution in [-0.4, -0.2) is 23.3 Å². The van der Waals surface area contributed by atoms with Crippen molar-refractivity contribution in [3.63, 3.8) is 0 Å². The van der Waals surface area contributed by atoms with Crippen molar-refractivity contribution in [3.05, 3.63) is 70.7 Å². The minimum absolute atomic E-state index is 0.200. The molecular weight excluding hydrogens is 345 g/mol.